The van der Waals surface area contributed by atoms with Gasteiger partial charge in [0.15, 0.2) is 5.13 Å². The number of nitrogens with zero attached hydrogens (tertiary/aromatic N) is 3. The lowest BCUT2D eigenvalue weighted by Crippen LogP contribution is -2.14. The summed E-state index contributed by atoms with van der Waals surface area (Å²) in [6.07, 6.45) is 0. The Morgan fingerprint density at radius 2 is 2.04 bits per heavy atom. The lowest BCUT2D eigenvalue weighted by atomic mass is 10.2. The molecule has 0 atom stereocenters. The number of ether oxygens (including phenoxy) is 1. The lowest BCUT2D eigenvalue weighted by molar-refractivity contribution is 0.0510. The Labute approximate surface area is 165 Å². The minimum absolute atomic E-state index is 0.159. The van der Waals surface area contributed by atoms with Gasteiger partial charge in [-0.1, -0.05) is 29.5 Å². The average molecular weight is 400 g/mol. The molecule has 0 saturated heterocycles. The number of anilines is 1. The van der Waals surface area contributed by atoms with Crippen LogP contribution in [0.3, 0.4) is 0 Å². The summed E-state index contributed by atoms with van der Waals surface area (Å²) in [5.74, 6) is -0.756. The molecule has 2 heterocycles. The monoisotopic (exact) mass is 400 g/mol. The van der Waals surface area contributed by atoms with E-state index in [0.717, 1.165) is 4.88 Å². The summed E-state index contributed by atoms with van der Waals surface area (Å²) in [7, 11) is 0. The highest BCUT2D eigenvalue weighted by Crippen LogP contribution is 2.32. The second-order valence-electron chi connectivity index (χ2n) is 5.84. The van der Waals surface area contributed by atoms with Crippen molar-refractivity contribution >= 4 is 28.3 Å². The van der Waals surface area contributed by atoms with Crippen LogP contribution in [-0.4, -0.2) is 45.0 Å². The molecule has 2 aromatic heterocycles. The molecule has 146 valence electrons. The smallest absolute Gasteiger partial charge is 0.356 e. The fourth-order valence-electron chi connectivity index (χ4n) is 2.61. The number of thiazole rings is 1. The summed E-state index contributed by atoms with van der Waals surface area (Å²) in [5.41, 5.74) is 2.01. The second kappa shape index (κ2) is 8.77. The number of carbonyl (C=O) groups is 2. The van der Waals surface area contributed by atoms with Crippen molar-refractivity contribution in [1.82, 2.24) is 14.8 Å². The highest BCUT2D eigenvalue weighted by molar-refractivity contribution is 7.19. The van der Waals surface area contributed by atoms with Crippen molar-refractivity contribution < 1.29 is 19.4 Å². The zero-order valence-corrected chi connectivity index (χ0v) is 16.3. The Morgan fingerprint density at radius 1 is 1.29 bits per heavy atom. The van der Waals surface area contributed by atoms with Crippen LogP contribution in [0.5, 0.6) is 0 Å². The third kappa shape index (κ3) is 4.26. The number of carbonyl (C=O) groups excluding carboxylic acids is 2. The molecule has 28 heavy (non-hydrogen) atoms. The molecule has 0 fully saturated rings. The van der Waals surface area contributed by atoms with Crippen LogP contribution in [0.2, 0.25) is 0 Å². The molecule has 3 rings (SSSR count). The van der Waals surface area contributed by atoms with E-state index in [1.54, 1.807) is 44.2 Å². The van der Waals surface area contributed by atoms with Gasteiger partial charge in [-0.25, -0.2) is 9.78 Å². The minimum atomic E-state index is -0.505. The van der Waals surface area contributed by atoms with Crippen molar-refractivity contribution in [2.75, 3.05) is 18.5 Å². The summed E-state index contributed by atoms with van der Waals surface area (Å²) < 4.78 is 6.46. The van der Waals surface area contributed by atoms with Crippen LogP contribution < -0.4 is 5.32 Å². The van der Waals surface area contributed by atoms with Crippen LogP contribution in [0.4, 0.5) is 5.13 Å². The Bertz CT molecular complexity index is 981. The number of nitrogens with one attached hydrogen (secondary N) is 1. The van der Waals surface area contributed by atoms with Gasteiger partial charge in [0.2, 0.25) is 0 Å². The number of hydrogen-bond acceptors (Lipinski definition) is 7. The Morgan fingerprint density at radius 3 is 2.71 bits per heavy atom. The molecule has 0 aliphatic rings. The van der Waals surface area contributed by atoms with E-state index in [1.165, 1.54) is 16.0 Å². The first kappa shape index (κ1) is 19.7. The SMILES string of the molecule is CCOC(=O)c1cc(-c2sc(NC(=O)c3ccccc3)nc2C)nn1CCO. The number of rotatable bonds is 7. The summed E-state index contributed by atoms with van der Waals surface area (Å²) in [4.78, 5) is 29.6. The Hall–Kier alpha value is -3.04. The fraction of sp³-hybridized carbons (Fsp3) is 0.263. The molecule has 2 N–H and O–H groups in total. The fourth-order valence-corrected chi connectivity index (χ4v) is 3.53. The number of esters is 1. The van der Waals surface area contributed by atoms with Gasteiger partial charge in [-0.15, -0.1) is 0 Å². The third-order valence-corrected chi connectivity index (χ3v) is 4.96. The van der Waals surface area contributed by atoms with Gasteiger partial charge in [-0.2, -0.15) is 5.10 Å². The van der Waals surface area contributed by atoms with E-state index in [1.807, 2.05) is 6.07 Å². The number of aromatic nitrogens is 3. The molecule has 0 unspecified atom stereocenters. The van der Waals surface area contributed by atoms with Gasteiger partial charge in [0.25, 0.3) is 5.91 Å². The van der Waals surface area contributed by atoms with E-state index in [9.17, 15) is 14.7 Å². The van der Waals surface area contributed by atoms with Crippen LogP contribution in [-0.2, 0) is 11.3 Å². The van der Waals surface area contributed by atoms with Gasteiger partial charge < -0.3 is 9.84 Å². The van der Waals surface area contributed by atoms with Gasteiger partial charge in [0, 0.05) is 5.56 Å². The molecule has 0 aliphatic heterocycles. The number of aliphatic hydroxyl groups excluding tert-OH is 1. The zero-order valence-electron chi connectivity index (χ0n) is 15.5. The van der Waals surface area contributed by atoms with Gasteiger partial charge in [0.05, 0.1) is 30.3 Å². The highest BCUT2D eigenvalue weighted by atomic mass is 32.1. The number of aryl methyl sites for hydroxylation is 1. The molecule has 0 saturated carbocycles. The molecular weight excluding hydrogens is 380 g/mol. The van der Waals surface area contributed by atoms with Crippen molar-refractivity contribution in [1.29, 1.82) is 0 Å². The van der Waals surface area contributed by atoms with Crippen molar-refractivity contribution in [3.63, 3.8) is 0 Å². The quantitative estimate of drug-likeness (QED) is 0.591. The first-order chi connectivity index (χ1) is 13.5. The van der Waals surface area contributed by atoms with Crippen LogP contribution >= 0.6 is 11.3 Å². The number of aliphatic hydroxyl groups is 1. The molecule has 0 spiro atoms. The van der Waals surface area contributed by atoms with Crippen LogP contribution in [0.25, 0.3) is 10.6 Å². The van der Waals surface area contributed by atoms with Crippen LogP contribution in [0.1, 0.15) is 33.5 Å². The number of amides is 1. The summed E-state index contributed by atoms with van der Waals surface area (Å²) in [5, 5.41) is 16.9. The van der Waals surface area contributed by atoms with E-state index in [4.69, 9.17) is 4.74 Å². The van der Waals surface area contributed by atoms with Crippen molar-refractivity contribution in [3.05, 3.63) is 53.3 Å². The molecule has 3 aromatic rings. The minimum Gasteiger partial charge on any atom is -0.461 e. The summed E-state index contributed by atoms with van der Waals surface area (Å²) >= 11 is 1.27. The first-order valence-electron chi connectivity index (χ1n) is 8.73. The average Bonchev–Trinajstić information content (AvgIpc) is 3.26. The maximum Gasteiger partial charge on any atom is 0.356 e. The third-order valence-electron chi connectivity index (χ3n) is 3.86. The van der Waals surface area contributed by atoms with E-state index in [2.05, 4.69) is 15.4 Å². The topological polar surface area (TPSA) is 106 Å². The molecule has 9 heteroatoms. The molecule has 8 nitrogen and oxygen atoms in total. The molecule has 0 bridgehead atoms. The first-order valence-corrected chi connectivity index (χ1v) is 9.55. The van der Waals surface area contributed by atoms with Crippen LogP contribution in [0.15, 0.2) is 36.4 Å². The van der Waals surface area contributed by atoms with Crippen molar-refractivity contribution in [2.45, 2.75) is 20.4 Å². The Kier molecular flexibility index (Phi) is 6.17. The van der Waals surface area contributed by atoms with Gasteiger partial charge in [0.1, 0.15) is 11.4 Å². The normalized spacial score (nSPS) is 10.7. The molecular formula is C19H20N4O4S. The Balaban J connectivity index is 1.87. The number of hydrogen-bond donors (Lipinski definition) is 2. The van der Waals surface area contributed by atoms with E-state index in [-0.39, 0.29) is 31.4 Å². The van der Waals surface area contributed by atoms with Gasteiger partial charge in [-0.3, -0.25) is 14.8 Å². The summed E-state index contributed by atoms with van der Waals surface area (Å²) in [6.45, 7) is 3.78. The second-order valence-corrected chi connectivity index (χ2v) is 6.83. The van der Waals surface area contributed by atoms with Crippen molar-refractivity contribution in [3.8, 4) is 10.6 Å². The maximum absolute atomic E-state index is 12.3. The largest absolute Gasteiger partial charge is 0.461 e. The molecule has 1 amide bonds. The van der Waals surface area contributed by atoms with Gasteiger partial charge >= 0.3 is 5.97 Å². The van der Waals surface area contributed by atoms with E-state index in [0.29, 0.717) is 22.1 Å². The zero-order chi connectivity index (χ0) is 20.1. The van der Waals surface area contributed by atoms with E-state index < -0.39 is 5.97 Å². The molecule has 0 radical (unpaired) electrons. The molecule has 0 aliphatic carbocycles. The summed E-state index contributed by atoms with van der Waals surface area (Å²) in [6, 6.07) is 10.5. The standard InChI is InChI=1S/C19H20N4O4S/c1-3-27-18(26)15-11-14(22-23(15)9-10-24)16-12(2)20-19(28-16)21-17(25)13-7-5-4-6-8-13/h4-8,11,24H,3,9-10H2,1-2H3,(H,20,21,25). The lowest BCUT2D eigenvalue weighted by Gasteiger charge is -2.04. The van der Waals surface area contributed by atoms with Crippen molar-refractivity contribution in [2.24, 2.45) is 0 Å². The predicted molar refractivity (Wildman–Crippen MR) is 106 cm³/mol. The number of benzene rings is 1. The van der Waals surface area contributed by atoms with E-state index >= 15 is 0 Å². The highest BCUT2D eigenvalue weighted by Gasteiger charge is 2.20. The van der Waals surface area contributed by atoms with Gasteiger partial charge in [-0.05, 0) is 32.0 Å². The maximum atomic E-state index is 12.3. The van der Waals surface area contributed by atoms with Crippen LogP contribution in [0, 0.1) is 6.92 Å². The molecule has 1 aromatic carbocycles. The predicted octanol–water partition coefficient (Wildman–Crippen LogP) is 2.74.